The summed E-state index contributed by atoms with van der Waals surface area (Å²) in [4.78, 5) is 24.8. The summed E-state index contributed by atoms with van der Waals surface area (Å²) in [6.07, 6.45) is 1.87. The van der Waals surface area contributed by atoms with Crippen molar-refractivity contribution in [1.29, 1.82) is 0 Å². The van der Waals surface area contributed by atoms with Crippen molar-refractivity contribution in [3.63, 3.8) is 0 Å². The van der Waals surface area contributed by atoms with Crippen molar-refractivity contribution in [2.45, 2.75) is 20.3 Å². The van der Waals surface area contributed by atoms with Crippen molar-refractivity contribution in [3.8, 4) is 0 Å². The summed E-state index contributed by atoms with van der Waals surface area (Å²) in [6, 6.07) is 5.33. The van der Waals surface area contributed by atoms with Crippen LogP contribution in [0.5, 0.6) is 0 Å². The van der Waals surface area contributed by atoms with Gasteiger partial charge in [0.2, 0.25) is 11.8 Å². The van der Waals surface area contributed by atoms with E-state index in [0.717, 1.165) is 5.56 Å². The van der Waals surface area contributed by atoms with Gasteiger partial charge in [0.1, 0.15) is 0 Å². The first-order valence-corrected chi connectivity index (χ1v) is 6.74. The Morgan fingerprint density at radius 1 is 1.45 bits per heavy atom. The molecule has 108 valence electrons. The van der Waals surface area contributed by atoms with Crippen LogP contribution in [0.4, 0.5) is 5.69 Å². The largest absolute Gasteiger partial charge is 0.339 e. The molecule has 0 aromatic heterocycles. The lowest BCUT2D eigenvalue weighted by molar-refractivity contribution is -0.128. The molecule has 1 rings (SSSR count). The Labute approximate surface area is 124 Å². The summed E-state index contributed by atoms with van der Waals surface area (Å²) >= 11 is 5.90. The third kappa shape index (κ3) is 5.05. The highest BCUT2D eigenvalue weighted by Crippen LogP contribution is 2.20. The zero-order valence-corrected chi connectivity index (χ0v) is 12.5. The Bertz CT molecular complexity index is 515. The average molecular weight is 295 g/mol. The SMILES string of the molecule is C=CCN(CCC(=O)Nc1cc(Cl)ccc1C)C(C)=O. The van der Waals surface area contributed by atoms with Crippen LogP contribution in [0.25, 0.3) is 0 Å². The molecule has 0 bridgehead atoms. The molecular formula is C15H19ClN2O2. The van der Waals surface area contributed by atoms with Gasteiger partial charge in [0.05, 0.1) is 0 Å². The maximum atomic E-state index is 11.9. The molecular weight excluding hydrogens is 276 g/mol. The number of nitrogens with one attached hydrogen (secondary N) is 1. The second-order valence-electron chi connectivity index (χ2n) is 4.51. The van der Waals surface area contributed by atoms with E-state index >= 15 is 0 Å². The van der Waals surface area contributed by atoms with Gasteiger partial charge >= 0.3 is 0 Å². The zero-order valence-electron chi connectivity index (χ0n) is 11.8. The minimum absolute atomic E-state index is 0.0726. The number of hydrogen-bond donors (Lipinski definition) is 1. The van der Waals surface area contributed by atoms with Crippen molar-refractivity contribution in [1.82, 2.24) is 4.90 Å². The first-order chi connectivity index (χ1) is 9.43. The molecule has 2 amide bonds. The highest BCUT2D eigenvalue weighted by Gasteiger charge is 2.10. The van der Waals surface area contributed by atoms with E-state index in [1.165, 1.54) is 6.92 Å². The number of benzene rings is 1. The molecule has 0 aliphatic carbocycles. The molecule has 1 N–H and O–H groups in total. The number of amides is 2. The van der Waals surface area contributed by atoms with Crippen molar-refractivity contribution in [2.75, 3.05) is 18.4 Å². The lowest BCUT2D eigenvalue weighted by Crippen LogP contribution is -2.32. The second kappa shape index (κ2) is 7.70. The second-order valence-corrected chi connectivity index (χ2v) is 4.95. The van der Waals surface area contributed by atoms with Crippen LogP contribution in [-0.2, 0) is 9.59 Å². The van der Waals surface area contributed by atoms with Gasteiger partial charge in [-0.15, -0.1) is 6.58 Å². The smallest absolute Gasteiger partial charge is 0.226 e. The quantitative estimate of drug-likeness (QED) is 0.820. The topological polar surface area (TPSA) is 49.4 Å². The summed E-state index contributed by atoms with van der Waals surface area (Å²) in [7, 11) is 0. The van der Waals surface area contributed by atoms with E-state index in [1.807, 2.05) is 13.0 Å². The van der Waals surface area contributed by atoms with Gasteiger partial charge in [0, 0.05) is 37.1 Å². The van der Waals surface area contributed by atoms with E-state index in [4.69, 9.17) is 11.6 Å². The van der Waals surface area contributed by atoms with Gasteiger partial charge in [-0.1, -0.05) is 23.7 Å². The Hall–Kier alpha value is -1.81. The summed E-state index contributed by atoms with van der Waals surface area (Å²) in [6.45, 7) is 7.77. The van der Waals surface area contributed by atoms with Crippen LogP contribution >= 0.6 is 11.6 Å². The number of anilines is 1. The fourth-order valence-electron chi connectivity index (χ4n) is 1.71. The van der Waals surface area contributed by atoms with E-state index in [0.29, 0.717) is 23.8 Å². The van der Waals surface area contributed by atoms with Crippen LogP contribution in [0.1, 0.15) is 18.9 Å². The Morgan fingerprint density at radius 2 is 2.15 bits per heavy atom. The molecule has 0 heterocycles. The van der Waals surface area contributed by atoms with Gasteiger partial charge in [-0.25, -0.2) is 0 Å². The number of aryl methyl sites for hydroxylation is 1. The van der Waals surface area contributed by atoms with E-state index in [-0.39, 0.29) is 18.2 Å². The Kier molecular flexibility index (Phi) is 6.25. The van der Waals surface area contributed by atoms with E-state index < -0.39 is 0 Å². The van der Waals surface area contributed by atoms with Crippen LogP contribution in [0.2, 0.25) is 5.02 Å². The van der Waals surface area contributed by atoms with Gasteiger partial charge in [0.15, 0.2) is 0 Å². The van der Waals surface area contributed by atoms with Crippen LogP contribution in [0.3, 0.4) is 0 Å². The molecule has 0 spiro atoms. The normalized spacial score (nSPS) is 9.95. The fraction of sp³-hybridized carbons (Fsp3) is 0.333. The minimum atomic E-state index is -0.148. The molecule has 0 fully saturated rings. The number of hydrogen-bond acceptors (Lipinski definition) is 2. The maximum absolute atomic E-state index is 11.9. The van der Waals surface area contributed by atoms with Crippen molar-refractivity contribution in [2.24, 2.45) is 0 Å². The molecule has 0 saturated heterocycles. The van der Waals surface area contributed by atoms with Gasteiger partial charge in [-0.05, 0) is 24.6 Å². The third-order valence-electron chi connectivity index (χ3n) is 2.88. The van der Waals surface area contributed by atoms with Crippen molar-refractivity contribution in [3.05, 3.63) is 41.4 Å². The summed E-state index contributed by atoms with van der Waals surface area (Å²) in [5.74, 6) is -0.220. The molecule has 1 aromatic carbocycles. The summed E-state index contributed by atoms with van der Waals surface area (Å²) in [5, 5.41) is 3.37. The highest BCUT2D eigenvalue weighted by atomic mass is 35.5. The lowest BCUT2D eigenvalue weighted by atomic mass is 10.2. The predicted octanol–water partition coefficient (Wildman–Crippen LogP) is 3.01. The van der Waals surface area contributed by atoms with Gasteiger partial charge in [-0.3, -0.25) is 9.59 Å². The molecule has 5 heteroatoms. The number of rotatable bonds is 6. The number of nitrogens with zero attached hydrogens (tertiary/aromatic N) is 1. The fourth-order valence-corrected chi connectivity index (χ4v) is 1.88. The lowest BCUT2D eigenvalue weighted by Gasteiger charge is -2.18. The van der Waals surface area contributed by atoms with E-state index in [1.54, 1.807) is 23.1 Å². The Morgan fingerprint density at radius 3 is 2.75 bits per heavy atom. The number of carbonyl (C=O) groups is 2. The van der Waals surface area contributed by atoms with Crippen molar-refractivity contribution < 1.29 is 9.59 Å². The molecule has 20 heavy (non-hydrogen) atoms. The van der Waals surface area contributed by atoms with Crippen LogP contribution < -0.4 is 5.32 Å². The highest BCUT2D eigenvalue weighted by molar-refractivity contribution is 6.31. The monoisotopic (exact) mass is 294 g/mol. The maximum Gasteiger partial charge on any atom is 0.226 e. The van der Waals surface area contributed by atoms with E-state index in [9.17, 15) is 9.59 Å². The number of carbonyl (C=O) groups excluding carboxylic acids is 2. The average Bonchev–Trinajstić information content (AvgIpc) is 2.38. The zero-order chi connectivity index (χ0) is 15.1. The molecule has 4 nitrogen and oxygen atoms in total. The van der Waals surface area contributed by atoms with Crippen LogP contribution in [0.15, 0.2) is 30.9 Å². The molecule has 0 aliphatic heterocycles. The van der Waals surface area contributed by atoms with Gasteiger partial charge < -0.3 is 10.2 Å². The molecule has 0 aliphatic rings. The predicted molar refractivity (Wildman–Crippen MR) is 81.9 cm³/mol. The van der Waals surface area contributed by atoms with Crippen LogP contribution in [-0.4, -0.2) is 29.8 Å². The van der Waals surface area contributed by atoms with Crippen LogP contribution in [0, 0.1) is 6.92 Å². The standard InChI is InChI=1S/C15H19ClN2O2/c1-4-8-18(12(3)19)9-7-15(20)17-14-10-13(16)6-5-11(14)2/h4-6,10H,1,7-9H2,2-3H3,(H,17,20). The van der Waals surface area contributed by atoms with Gasteiger partial charge in [0.25, 0.3) is 0 Å². The van der Waals surface area contributed by atoms with E-state index in [2.05, 4.69) is 11.9 Å². The summed E-state index contributed by atoms with van der Waals surface area (Å²) in [5.41, 5.74) is 1.64. The summed E-state index contributed by atoms with van der Waals surface area (Å²) < 4.78 is 0. The van der Waals surface area contributed by atoms with Crippen molar-refractivity contribution >= 4 is 29.1 Å². The molecule has 0 atom stereocenters. The molecule has 0 radical (unpaired) electrons. The molecule has 1 aromatic rings. The molecule has 0 unspecified atom stereocenters. The Balaban J connectivity index is 2.57. The first-order valence-electron chi connectivity index (χ1n) is 6.36. The minimum Gasteiger partial charge on any atom is -0.339 e. The number of halogens is 1. The molecule has 0 saturated carbocycles. The first kappa shape index (κ1) is 16.2. The third-order valence-corrected chi connectivity index (χ3v) is 3.11. The van der Waals surface area contributed by atoms with Gasteiger partial charge in [-0.2, -0.15) is 0 Å².